The Balaban J connectivity index is 1.48. The van der Waals surface area contributed by atoms with E-state index < -0.39 is 0 Å². The van der Waals surface area contributed by atoms with E-state index in [2.05, 4.69) is 10.4 Å². The summed E-state index contributed by atoms with van der Waals surface area (Å²) in [5.41, 5.74) is 2.34. The number of rotatable bonds is 7. The van der Waals surface area contributed by atoms with Crippen molar-refractivity contribution in [2.45, 2.75) is 19.4 Å². The average molecular weight is 433 g/mol. The van der Waals surface area contributed by atoms with E-state index in [9.17, 15) is 9.59 Å². The predicted octanol–water partition coefficient (Wildman–Crippen LogP) is 4.00. The van der Waals surface area contributed by atoms with Crippen molar-refractivity contribution in [2.24, 2.45) is 5.10 Å². The first kappa shape index (κ1) is 21.2. The molecule has 8 heteroatoms. The van der Waals surface area contributed by atoms with E-state index in [0.717, 1.165) is 17.0 Å². The summed E-state index contributed by atoms with van der Waals surface area (Å²) in [7, 11) is 1.61. The molecular formula is C24H23N3O5. The molecule has 2 amide bonds. The summed E-state index contributed by atoms with van der Waals surface area (Å²) in [4.78, 5) is 24.1. The van der Waals surface area contributed by atoms with Crippen molar-refractivity contribution in [1.82, 2.24) is 5.01 Å². The normalized spacial score (nSPS) is 15.2. The van der Waals surface area contributed by atoms with Crippen LogP contribution in [0.3, 0.4) is 0 Å². The first-order valence-corrected chi connectivity index (χ1v) is 10.1. The third-order valence-electron chi connectivity index (χ3n) is 5.00. The van der Waals surface area contributed by atoms with Gasteiger partial charge in [-0.1, -0.05) is 0 Å². The molecule has 1 aromatic heterocycles. The number of carbonyl (C=O) groups excluding carboxylic acids is 2. The van der Waals surface area contributed by atoms with Crippen LogP contribution >= 0.6 is 0 Å². The largest absolute Gasteiger partial charge is 0.497 e. The van der Waals surface area contributed by atoms with Gasteiger partial charge >= 0.3 is 0 Å². The Morgan fingerprint density at radius 3 is 2.44 bits per heavy atom. The van der Waals surface area contributed by atoms with Crippen molar-refractivity contribution < 1.29 is 23.5 Å². The van der Waals surface area contributed by atoms with Crippen LogP contribution in [0.25, 0.3) is 0 Å². The molecule has 1 unspecified atom stereocenters. The first-order valence-electron chi connectivity index (χ1n) is 10.1. The maximum atomic E-state index is 13.0. The number of hydrazone groups is 1. The summed E-state index contributed by atoms with van der Waals surface area (Å²) in [6, 6.07) is 17.6. The van der Waals surface area contributed by atoms with Gasteiger partial charge in [-0.3, -0.25) is 9.59 Å². The standard InChI is InChI=1S/C24H23N3O5/c1-16(28)25-18-7-11-20(12-8-18)32-15-24(29)27-22(23-4-3-13-31-23)14-21(26-27)17-5-9-19(30-2)10-6-17/h3-13,22H,14-15H2,1-2H3,(H,25,28). The van der Waals surface area contributed by atoms with Gasteiger partial charge in [0.25, 0.3) is 5.91 Å². The zero-order valence-corrected chi connectivity index (χ0v) is 17.8. The lowest BCUT2D eigenvalue weighted by Crippen LogP contribution is -2.31. The Morgan fingerprint density at radius 2 is 1.81 bits per heavy atom. The van der Waals surface area contributed by atoms with E-state index in [1.807, 2.05) is 30.3 Å². The molecule has 8 nitrogen and oxygen atoms in total. The fraction of sp³-hybridized carbons (Fsp3) is 0.208. The van der Waals surface area contributed by atoms with Crippen molar-refractivity contribution in [3.8, 4) is 11.5 Å². The SMILES string of the molecule is COc1ccc(C2=NN(C(=O)COc3ccc(NC(C)=O)cc3)C(c3ccco3)C2)cc1. The monoisotopic (exact) mass is 433 g/mol. The second kappa shape index (κ2) is 9.38. The van der Waals surface area contributed by atoms with E-state index in [0.29, 0.717) is 23.6 Å². The molecule has 4 rings (SSSR count). The van der Waals surface area contributed by atoms with Gasteiger partial charge in [0.2, 0.25) is 5.91 Å². The van der Waals surface area contributed by atoms with Crippen molar-refractivity contribution in [1.29, 1.82) is 0 Å². The van der Waals surface area contributed by atoms with E-state index in [4.69, 9.17) is 13.9 Å². The number of hydrogen-bond donors (Lipinski definition) is 1. The maximum Gasteiger partial charge on any atom is 0.281 e. The Bertz CT molecular complexity index is 1110. The highest BCUT2D eigenvalue weighted by Gasteiger charge is 2.35. The molecule has 0 fully saturated rings. The number of amides is 2. The van der Waals surface area contributed by atoms with Crippen LogP contribution in [0.1, 0.15) is 30.7 Å². The zero-order valence-electron chi connectivity index (χ0n) is 17.8. The highest BCUT2D eigenvalue weighted by Crippen LogP contribution is 2.33. The fourth-order valence-corrected chi connectivity index (χ4v) is 3.45. The second-order valence-electron chi connectivity index (χ2n) is 7.24. The molecule has 164 valence electrons. The summed E-state index contributed by atoms with van der Waals surface area (Å²) >= 11 is 0. The number of hydrogen-bond acceptors (Lipinski definition) is 6. The third kappa shape index (κ3) is 4.80. The van der Waals surface area contributed by atoms with Gasteiger partial charge in [-0.25, -0.2) is 5.01 Å². The minimum atomic E-state index is -0.347. The molecule has 2 aromatic carbocycles. The van der Waals surface area contributed by atoms with E-state index in [1.165, 1.54) is 11.9 Å². The molecule has 0 saturated heterocycles. The number of nitrogens with one attached hydrogen (secondary N) is 1. The number of methoxy groups -OCH3 is 1. The highest BCUT2D eigenvalue weighted by atomic mass is 16.5. The molecule has 0 bridgehead atoms. The molecule has 1 aliphatic rings. The Hall–Kier alpha value is -4.07. The fourth-order valence-electron chi connectivity index (χ4n) is 3.45. The minimum absolute atomic E-state index is 0.155. The van der Waals surface area contributed by atoms with E-state index in [-0.39, 0.29) is 24.5 Å². The maximum absolute atomic E-state index is 13.0. The molecule has 1 aliphatic heterocycles. The van der Waals surface area contributed by atoms with Crippen LogP contribution in [0.5, 0.6) is 11.5 Å². The van der Waals surface area contributed by atoms with Gasteiger partial charge in [0.1, 0.15) is 23.3 Å². The van der Waals surface area contributed by atoms with Crippen molar-refractivity contribution >= 4 is 23.2 Å². The van der Waals surface area contributed by atoms with Crippen LogP contribution in [0.15, 0.2) is 76.4 Å². The number of carbonyl (C=O) groups is 2. The lowest BCUT2D eigenvalue weighted by Gasteiger charge is -2.20. The summed E-state index contributed by atoms with van der Waals surface area (Å²) in [5, 5.41) is 8.69. The molecule has 0 spiro atoms. The highest BCUT2D eigenvalue weighted by molar-refractivity contribution is 6.03. The van der Waals surface area contributed by atoms with Crippen LogP contribution < -0.4 is 14.8 Å². The molecule has 1 atom stereocenters. The van der Waals surface area contributed by atoms with Gasteiger partial charge < -0.3 is 19.2 Å². The van der Waals surface area contributed by atoms with Crippen molar-refractivity contribution in [3.05, 3.63) is 78.3 Å². The number of benzene rings is 2. The molecule has 1 N–H and O–H groups in total. The van der Waals surface area contributed by atoms with Crippen LogP contribution in [0, 0.1) is 0 Å². The molecule has 0 saturated carbocycles. The molecule has 0 aliphatic carbocycles. The number of anilines is 1. The summed E-state index contributed by atoms with van der Waals surface area (Å²) < 4.78 is 16.4. The second-order valence-corrected chi connectivity index (χ2v) is 7.24. The van der Waals surface area contributed by atoms with E-state index >= 15 is 0 Å². The quantitative estimate of drug-likeness (QED) is 0.608. The van der Waals surface area contributed by atoms with Crippen molar-refractivity contribution in [2.75, 3.05) is 19.0 Å². The minimum Gasteiger partial charge on any atom is -0.497 e. The molecule has 2 heterocycles. The van der Waals surface area contributed by atoms with Crippen LogP contribution in [-0.2, 0) is 9.59 Å². The Morgan fingerprint density at radius 1 is 1.09 bits per heavy atom. The van der Waals surface area contributed by atoms with Gasteiger partial charge in [-0.2, -0.15) is 5.10 Å². The summed E-state index contributed by atoms with van der Waals surface area (Å²) in [6.07, 6.45) is 2.10. The smallest absolute Gasteiger partial charge is 0.281 e. The van der Waals surface area contributed by atoms with Gasteiger partial charge in [0.15, 0.2) is 6.61 Å². The molecular weight excluding hydrogens is 410 g/mol. The average Bonchev–Trinajstić information content (AvgIpc) is 3.48. The molecule has 3 aromatic rings. The van der Waals surface area contributed by atoms with Gasteiger partial charge in [0, 0.05) is 19.0 Å². The molecule has 0 radical (unpaired) electrons. The van der Waals surface area contributed by atoms with Gasteiger partial charge in [-0.05, 0) is 66.2 Å². The van der Waals surface area contributed by atoms with Gasteiger partial charge in [-0.15, -0.1) is 0 Å². The van der Waals surface area contributed by atoms with Crippen LogP contribution in [0.2, 0.25) is 0 Å². The third-order valence-corrected chi connectivity index (χ3v) is 5.00. The lowest BCUT2D eigenvalue weighted by molar-refractivity contribution is -0.135. The van der Waals surface area contributed by atoms with Crippen LogP contribution in [-0.4, -0.2) is 36.3 Å². The summed E-state index contributed by atoms with van der Waals surface area (Å²) in [6.45, 7) is 1.26. The Labute approximate surface area is 185 Å². The number of nitrogens with zero attached hydrogens (tertiary/aromatic N) is 2. The number of ether oxygens (including phenoxy) is 2. The van der Waals surface area contributed by atoms with Crippen molar-refractivity contribution in [3.63, 3.8) is 0 Å². The Kier molecular flexibility index (Phi) is 6.21. The van der Waals surface area contributed by atoms with Gasteiger partial charge in [0.05, 0.1) is 19.1 Å². The predicted molar refractivity (Wildman–Crippen MR) is 119 cm³/mol. The van der Waals surface area contributed by atoms with E-state index in [1.54, 1.807) is 43.7 Å². The summed E-state index contributed by atoms with van der Waals surface area (Å²) in [5.74, 6) is 1.48. The topological polar surface area (TPSA) is 93.4 Å². The van der Waals surface area contributed by atoms with Crippen LogP contribution in [0.4, 0.5) is 5.69 Å². The first-order chi connectivity index (χ1) is 15.5. The number of furan rings is 1. The zero-order chi connectivity index (χ0) is 22.5. The molecule has 32 heavy (non-hydrogen) atoms. The lowest BCUT2D eigenvalue weighted by atomic mass is 10.0.